The van der Waals surface area contributed by atoms with Crippen molar-refractivity contribution in [3.8, 4) is 0 Å². The van der Waals surface area contributed by atoms with Crippen LogP contribution in [0.5, 0.6) is 0 Å². The number of aliphatic hydroxyl groups excluding tert-OH is 1. The molecule has 76 valence electrons. The van der Waals surface area contributed by atoms with Crippen LogP contribution in [0.1, 0.15) is 13.8 Å². The van der Waals surface area contributed by atoms with Gasteiger partial charge in [-0.25, -0.2) is 0 Å². The van der Waals surface area contributed by atoms with Gasteiger partial charge in [-0.05, 0) is 26.0 Å². The zero-order chi connectivity index (χ0) is 10.6. The second-order valence-electron chi connectivity index (χ2n) is 3.23. The van der Waals surface area contributed by atoms with E-state index in [-0.39, 0.29) is 11.9 Å². The molecule has 0 aliphatic rings. The summed E-state index contributed by atoms with van der Waals surface area (Å²) in [5.74, 6) is -0.312. The number of nitrogens with zero attached hydrogens (tertiary/aromatic N) is 2. The van der Waals surface area contributed by atoms with Crippen molar-refractivity contribution in [2.24, 2.45) is 0 Å². The highest BCUT2D eigenvalue weighted by atomic mass is 16.3. The van der Waals surface area contributed by atoms with Gasteiger partial charge in [-0.1, -0.05) is 0 Å². The number of carbonyl (C=O) groups is 1. The molecule has 1 aromatic rings. The Hall–Kier alpha value is -1.42. The van der Waals surface area contributed by atoms with Crippen LogP contribution in [0.3, 0.4) is 0 Å². The van der Waals surface area contributed by atoms with E-state index in [1.54, 1.807) is 24.5 Å². The number of anilines is 1. The fourth-order valence-electron chi connectivity index (χ4n) is 1.30. The molecule has 14 heavy (non-hydrogen) atoms. The van der Waals surface area contributed by atoms with Crippen LogP contribution in [-0.2, 0) is 4.79 Å². The largest absolute Gasteiger partial charge is 0.387 e. The summed E-state index contributed by atoms with van der Waals surface area (Å²) >= 11 is 0. The van der Waals surface area contributed by atoms with Crippen LogP contribution in [0.4, 0.5) is 5.69 Å². The predicted octanol–water partition coefficient (Wildman–Crippen LogP) is 0.815. The van der Waals surface area contributed by atoms with Crippen LogP contribution in [-0.4, -0.2) is 28.6 Å². The molecule has 0 saturated heterocycles. The van der Waals surface area contributed by atoms with E-state index in [0.29, 0.717) is 5.69 Å². The highest BCUT2D eigenvalue weighted by Crippen LogP contribution is 2.14. The summed E-state index contributed by atoms with van der Waals surface area (Å²) in [6.07, 6.45) is 3.25. The molecule has 0 aliphatic heterocycles. The van der Waals surface area contributed by atoms with Gasteiger partial charge in [-0.15, -0.1) is 0 Å². The Morgan fingerprint density at radius 3 is 2.79 bits per heavy atom. The van der Waals surface area contributed by atoms with E-state index in [2.05, 4.69) is 4.98 Å². The lowest BCUT2D eigenvalue weighted by Gasteiger charge is -2.25. The second-order valence-corrected chi connectivity index (χ2v) is 3.23. The minimum atomic E-state index is -0.479. The van der Waals surface area contributed by atoms with Gasteiger partial charge in [0.25, 0.3) is 5.91 Å². The summed E-state index contributed by atoms with van der Waals surface area (Å²) in [7, 11) is 0. The summed E-state index contributed by atoms with van der Waals surface area (Å²) in [6.45, 7) is 3.30. The Morgan fingerprint density at radius 1 is 1.64 bits per heavy atom. The molecule has 0 unspecified atom stereocenters. The van der Waals surface area contributed by atoms with Gasteiger partial charge >= 0.3 is 0 Å². The van der Waals surface area contributed by atoms with Crippen molar-refractivity contribution in [3.63, 3.8) is 0 Å². The van der Waals surface area contributed by atoms with Crippen LogP contribution in [0.2, 0.25) is 0 Å². The Kier molecular flexibility index (Phi) is 3.59. The minimum absolute atomic E-state index is 0.0128. The topological polar surface area (TPSA) is 53.4 Å². The van der Waals surface area contributed by atoms with Crippen LogP contribution in [0.25, 0.3) is 0 Å². The van der Waals surface area contributed by atoms with Crippen LogP contribution in [0, 0.1) is 0 Å². The van der Waals surface area contributed by atoms with Crippen molar-refractivity contribution in [3.05, 3.63) is 24.5 Å². The van der Waals surface area contributed by atoms with Crippen molar-refractivity contribution >= 4 is 11.6 Å². The van der Waals surface area contributed by atoms with Crippen molar-refractivity contribution in [2.75, 3.05) is 11.5 Å². The lowest BCUT2D eigenvalue weighted by atomic mass is 10.2. The SMILES string of the molecule is CC(C)N(C(=O)CO)c1cccnc1. The first-order valence-electron chi connectivity index (χ1n) is 4.49. The summed E-state index contributed by atoms with van der Waals surface area (Å²) in [6, 6.07) is 3.56. The van der Waals surface area contributed by atoms with E-state index in [1.807, 2.05) is 13.8 Å². The zero-order valence-electron chi connectivity index (χ0n) is 8.34. The first-order chi connectivity index (χ1) is 6.66. The van der Waals surface area contributed by atoms with Gasteiger partial charge in [0, 0.05) is 12.2 Å². The first-order valence-corrected chi connectivity index (χ1v) is 4.49. The van der Waals surface area contributed by atoms with Crippen molar-refractivity contribution in [2.45, 2.75) is 19.9 Å². The molecule has 0 bridgehead atoms. The molecule has 4 nitrogen and oxygen atoms in total. The number of pyridine rings is 1. The van der Waals surface area contributed by atoms with Gasteiger partial charge in [0.15, 0.2) is 0 Å². The van der Waals surface area contributed by atoms with E-state index >= 15 is 0 Å². The predicted molar refractivity (Wildman–Crippen MR) is 53.9 cm³/mol. The zero-order valence-corrected chi connectivity index (χ0v) is 8.34. The fourth-order valence-corrected chi connectivity index (χ4v) is 1.30. The van der Waals surface area contributed by atoms with E-state index in [1.165, 1.54) is 4.90 Å². The Bertz CT molecular complexity index is 298. The van der Waals surface area contributed by atoms with E-state index in [0.717, 1.165) is 0 Å². The smallest absolute Gasteiger partial charge is 0.252 e. The fraction of sp³-hybridized carbons (Fsp3) is 0.400. The van der Waals surface area contributed by atoms with E-state index < -0.39 is 6.61 Å². The molecular weight excluding hydrogens is 180 g/mol. The van der Waals surface area contributed by atoms with E-state index in [9.17, 15) is 4.79 Å². The number of aliphatic hydroxyl groups is 1. The Labute approximate surface area is 83.2 Å². The maximum Gasteiger partial charge on any atom is 0.252 e. The molecule has 0 fully saturated rings. The number of hydrogen-bond donors (Lipinski definition) is 1. The molecule has 0 atom stereocenters. The molecule has 0 aromatic carbocycles. The van der Waals surface area contributed by atoms with Gasteiger partial charge < -0.3 is 10.0 Å². The molecule has 0 saturated carbocycles. The molecular formula is C10H14N2O2. The second kappa shape index (κ2) is 4.72. The van der Waals surface area contributed by atoms with Gasteiger partial charge in [0.1, 0.15) is 6.61 Å². The molecule has 1 amide bonds. The molecule has 1 heterocycles. The molecule has 1 rings (SSSR count). The highest BCUT2D eigenvalue weighted by Gasteiger charge is 2.17. The molecule has 0 spiro atoms. The molecule has 1 N–H and O–H groups in total. The quantitative estimate of drug-likeness (QED) is 0.774. The summed E-state index contributed by atoms with van der Waals surface area (Å²) in [4.78, 5) is 16.9. The number of hydrogen-bond acceptors (Lipinski definition) is 3. The van der Waals surface area contributed by atoms with Crippen molar-refractivity contribution in [1.29, 1.82) is 0 Å². The minimum Gasteiger partial charge on any atom is -0.387 e. The number of amides is 1. The van der Waals surface area contributed by atoms with Gasteiger partial charge in [-0.2, -0.15) is 0 Å². The van der Waals surface area contributed by atoms with Gasteiger partial charge in [0.2, 0.25) is 0 Å². The summed E-state index contributed by atoms with van der Waals surface area (Å²) < 4.78 is 0. The van der Waals surface area contributed by atoms with Crippen molar-refractivity contribution in [1.82, 2.24) is 4.98 Å². The average Bonchev–Trinajstić information content (AvgIpc) is 2.19. The molecule has 1 aromatic heterocycles. The third-order valence-electron chi connectivity index (χ3n) is 1.84. The normalized spacial score (nSPS) is 10.3. The number of carbonyl (C=O) groups excluding carboxylic acids is 1. The lowest BCUT2D eigenvalue weighted by Crippen LogP contribution is -2.38. The highest BCUT2D eigenvalue weighted by molar-refractivity contribution is 5.94. The van der Waals surface area contributed by atoms with Gasteiger partial charge in [-0.3, -0.25) is 9.78 Å². The maximum absolute atomic E-state index is 11.4. The van der Waals surface area contributed by atoms with Crippen molar-refractivity contribution < 1.29 is 9.90 Å². The number of rotatable bonds is 3. The summed E-state index contributed by atoms with van der Waals surface area (Å²) in [5.41, 5.74) is 0.710. The maximum atomic E-state index is 11.4. The third-order valence-corrected chi connectivity index (χ3v) is 1.84. The summed E-state index contributed by atoms with van der Waals surface area (Å²) in [5, 5.41) is 8.80. The lowest BCUT2D eigenvalue weighted by molar-refractivity contribution is -0.121. The average molecular weight is 194 g/mol. The van der Waals surface area contributed by atoms with Crippen LogP contribution >= 0.6 is 0 Å². The molecule has 0 radical (unpaired) electrons. The Balaban J connectivity index is 2.95. The molecule has 4 heteroatoms. The monoisotopic (exact) mass is 194 g/mol. The Morgan fingerprint density at radius 2 is 2.36 bits per heavy atom. The first kappa shape index (κ1) is 10.7. The standard InChI is InChI=1S/C10H14N2O2/c1-8(2)12(10(14)7-13)9-4-3-5-11-6-9/h3-6,8,13H,7H2,1-2H3. The third kappa shape index (κ3) is 2.29. The van der Waals surface area contributed by atoms with Crippen LogP contribution in [0.15, 0.2) is 24.5 Å². The molecule has 0 aliphatic carbocycles. The number of aromatic nitrogens is 1. The van der Waals surface area contributed by atoms with E-state index in [4.69, 9.17) is 5.11 Å². The van der Waals surface area contributed by atoms with Gasteiger partial charge in [0.05, 0.1) is 11.9 Å². The van der Waals surface area contributed by atoms with Crippen LogP contribution < -0.4 is 4.90 Å².